The highest BCUT2D eigenvalue weighted by atomic mass is 16.6. The minimum Gasteiger partial charge on any atom is -0.356 e. The van der Waals surface area contributed by atoms with E-state index in [1.54, 1.807) is 12.1 Å². The Bertz CT molecular complexity index is 695. The highest BCUT2D eigenvalue weighted by Gasteiger charge is 2.25. The molecule has 1 aromatic rings. The summed E-state index contributed by atoms with van der Waals surface area (Å²) in [4.78, 5) is 37.0. The van der Waals surface area contributed by atoms with Crippen molar-refractivity contribution in [2.45, 2.75) is 51.9 Å². The van der Waals surface area contributed by atoms with Gasteiger partial charge in [-0.1, -0.05) is 32.3 Å². The minimum absolute atomic E-state index is 0.0187. The number of rotatable bonds is 11. The summed E-state index contributed by atoms with van der Waals surface area (Å²) in [5, 5.41) is 16.6. The van der Waals surface area contributed by atoms with Crippen LogP contribution in [-0.2, 0) is 9.59 Å². The van der Waals surface area contributed by atoms with Crippen LogP contribution in [0.25, 0.3) is 0 Å². The van der Waals surface area contributed by atoms with Crippen LogP contribution in [0.4, 0.5) is 11.4 Å². The molecule has 0 saturated carbocycles. The van der Waals surface area contributed by atoms with Crippen LogP contribution in [0.5, 0.6) is 0 Å². The van der Waals surface area contributed by atoms with Crippen LogP contribution < -0.4 is 10.6 Å². The molecule has 1 aliphatic rings. The molecule has 1 saturated heterocycles. The van der Waals surface area contributed by atoms with Crippen LogP contribution in [-0.4, -0.2) is 47.8 Å². The third-order valence-electron chi connectivity index (χ3n) is 5.20. The van der Waals surface area contributed by atoms with E-state index in [0.717, 1.165) is 38.8 Å². The van der Waals surface area contributed by atoms with Crippen LogP contribution in [0.15, 0.2) is 24.3 Å². The zero-order valence-electron chi connectivity index (χ0n) is 17.2. The number of nitro benzene ring substituents is 1. The van der Waals surface area contributed by atoms with Gasteiger partial charge in [-0.05, 0) is 31.9 Å². The monoisotopic (exact) mass is 404 g/mol. The summed E-state index contributed by atoms with van der Waals surface area (Å²) in [7, 11) is 0. The summed E-state index contributed by atoms with van der Waals surface area (Å²) in [5.74, 6) is -0.0880. The molecular formula is C21H32N4O4. The maximum Gasteiger partial charge on any atom is 0.271 e. The molecule has 1 fully saturated rings. The van der Waals surface area contributed by atoms with Crippen molar-refractivity contribution in [1.82, 2.24) is 10.2 Å². The first kappa shape index (κ1) is 22.8. The number of nitrogens with zero attached hydrogens (tertiary/aromatic N) is 2. The Balaban J connectivity index is 1.71. The van der Waals surface area contributed by atoms with Gasteiger partial charge in [-0.2, -0.15) is 0 Å². The molecule has 160 valence electrons. The molecule has 2 amide bonds. The molecule has 1 atom stereocenters. The number of nitro groups is 1. The van der Waals surface area contributed by atoms with Crippen molar-refractivity contribution in [3.8, 4) is 0 Å². The molecule has 8 nitrogen and oxygen atoms in total. The van der Waals surface area contributed by atoms with E-state index in [-0.39, 0.29) is 29.8 Å². The molecule has 1 aromatic carbocycles. The zero-order valence-corrected chi connectivity index (χ0v) is 17.2. The first-order valence-electron chi connectivity index (χ1n) is 10.5. The number of unbranched alkanes of at least 4 members (excludes halogenated alkanes) is 3. The molecular weight excluding hydrogens is 372 g/mol. The van der Waals surface area contributed by atoms with E-state index in [0.29, 0.717) is 18.8 Å². The molecule has 2 rings (SSSR count). The molecule has 1 heterocycles. The second-order valence-electron chi connectivity index (χ2n) is 7.60. The highest BCUT2D eigenvalue weighted by Crippen LogP contribution is 2.19. The number of benzene rings is 1. The fraction of sp³-hybridized carbons (Fsp3) is 0.619. The van der Waals surface area contributed by atoms with Crippen molar-refractivity contribution in [3.63, 3.8) is 0 Å². The van der Waals surface area contributed by atoms with E-state index in [4.69, 9.17) is 0 Å². The average Bonchev–Trinajstić information content (AvgIpc) is 2.72. The van der Waals surface area contributed by atoms with E-state index in [2.05, 4.69) is 22.5 Å². The number of non-ortho nitro benzene ring substituents is 1. The minimum atomic E-state index is -0.488. The predicted molar refractivity (Wildman–Crippen MR) is 113 cm³/mol. The van der Waals surface area contributed by atoms with Gasteiger partial charge < -0.3 is 15.5 Å². The molecule has 0 radical (unpaired) electrons. The summed E-state index contributed by atoms with van der Waals surface area (Å²) < 4.78 is 0. The van der Waals surface area contributed by atoms with Gasteiger partial charge >= 0.3 is 0 Å². The van der Waals surface area contributed by atoms with E-state index in [9.17, 15) is 19.7 Å². The van der Waals surface area contributed by atoms with Gasteiger partial charge in [0.2, 0.25) is 11.8 Å². The Morgan fingerprint density at radius 3 is 2.86 bits per heavy atom. The lowest BCUT2D eigenvalue weighted by Gasteiger charge is -2.31. The van der Waals surface area contributed by atoms with Gasteiger partial charge in [0.15, 0.2) is 0 Å². The van der Waals surface area contributed by atoms with Gasteiger partial charge in [0.1, 0.15) is 0 Å². The number of piperidine rings is 1. The van der Waals surface area contributed by atoms with Crippen molar-refractivity contribution in [1.29, 1.82) is 0 Å². The van der Waals surface area contributed by atoms with E-state index >= 15 is 0 Å². The summed E-state index contributed by atoms with van der Waals surface area (Å²) in [6.07, 6.45) is 6.67. The summed E-state index contributed by atoms with van der Waals surface area (Å²) in [6.45, 7) is 5.02. The first-order chi connectivity index (χ1) is 14.0. The number of nitrogens with one attached hydrogen (secondary N) is 2. The quantitative estimate of drug-likeness (QED) is 0.334. The second kappa shape index (κ2) is 12.2. The maximum absolute atomic E-state index is 12.4. The van der Waals surface area contributed by atoms with Gasteiger partial charge in [0.05, 0.1) is 10.8 Å². The van der Waals surface area contributed by atoms with Gasteiger partial charge in [-0.3, -0.25) is 19.7 Å². The summed E-state index contributed by atoms with van der Waals surface area (Å²) >= 11 is 0. The van der Waals surface area contributed by atoms with Crippen molar-refractivity contribution >= 4 is 23.2 Å². The van der Waals surface area contributed by atoms with E-state index in [1.807, 2.05) is 0 Å². The fourth-order valence-electron chi connectivity index (χ4n) is 3.56. The van der Waals surface area contributed by atoms with Gasteiger partial charge in [0.25, 0.3) is 5.69 Å². The Kier molecular flexibility index (Phi) is 9.56. The van der Waals surface area contributed by atoms with Crippen LogP contribution in [0.2, 0.25) is 0 Å². The summed E-state index contributed by atoms with van der Waals surface area (Å²) in [6, 6.07) is 5.91. The topological polar surface area (TPSA) is 105 Å². The standard InChI is InChI=1S/C21H32N4O4/c1-2-3-4-5-12-22-21(27)17-8-7-13-24(16-17)14-11-20(26)23-18-9-6-10-19(15-18)25(28)29/h6,9-10,15,17H,2-5,7-8,11-14,16H2,1H3,(H,22,27)(H,23,26). The summed E-state index contributed by atoms with van der Waals surface area (Å²) in [5.41, 5.74) is 0.366. The van der Waals surface area contributed by atoms with Crippen molar-refractivity contribution in [2.75, 3.05) is 31.5 Å². The molecule has 0 aliphatic carbocycles. The average molecular weight is 405 g/mol. The number of anilines is 1. The molecule has 1 unspecified atom stereocenters. The van der Waals surface area contributed by atoms with Gasteiger partial charge in [0, 0.05) is 43.9 Å². The van der Waals surface area contributed by atoms with Crippen LogP contribution >= 0.6 is 0 Å². The number of carbonyl (C=O) groups is 2. The molecule has 0 spiro atoms. The largest absolute Gasteiger partial charge is 0.356 e. The molecule has 29 heavy (non-hydrogen) atoms. The van der Waals surface area contributed by atoms with E-state index < -0.39 is 4.92 Å². The number of amides is 2. The normalized spacial score (nSPS) is 16.9. The Hall–Kier alpha value is -2.48. The number of carbonyl (C=O) groups excluding carboxylic acids is 2. The lowest BCUT2D eigenvalue weighted by molar-refractivity contribution is -0.384. The Morgan fingerprint density at radius 2 is 2.10 bits per heavy atom. The number of hydrogen-bond donors (Lipinski definition) is 2. The zero-order chi connectivity index (χ0) is 21.1. The molecule has 0 aromatic heterocycles. The van der Waals surface area contributed by atoms with Crippen molar-refractivity contribution in [2.24, 2.45) is 5.92 Å². The Morgan fingerprint density at radius 1 is 1.28 bits per heavy atom. The van der Waals surface area contributed by atoms with Crippen LogP contribution in [0.3, 0.4) is 0 Å². The lowest BCUT2D eigenvalue weighted by Crippen LogP contribution is -2.44. The third kappa shape index (κ3) is 8.19. The highest BCUT2D eigenvalue weighted by molar-refractivity contribution is 5.91. The molecule has 2 N–H and O–H groups in total. The maximum atomic E-state index is 12.4. The predicted octanol–water partition coefficient (Wildman–Crippen LogP) is 3.33. The lowest BCUT2D eigenvalue weighted by atomic mass is 9.97. The smallest absolute Gasteiger partial charge is 0.271 e. The van der Waals surface area contributed by atoms with Crippen LogP contribution in [0.1, 0.15) is 51.9 Å². The van der Waals surface area contributed by atoms with Crippen LogP contribution in [0, 0.1) is 16.0 Å². The molecule has 0 bridgehead atoms. The second-order valence-corrected chi connectivity index (χ2v) is 7.60. The van der Waals surface area contributed by atoms with Gasteiger partial charge in [-0.15, -0.1) is 0 Å². The third-order valence-corrected chi connectivity index (χ3v) is 5.20. The first-order valence-corrected chi connectivity index (χ1v) is 10.5. The van der Waals surface area contributed by atoms with Crippen molar-refractivity contribution < 1.29 is 14.5 Å². The van der Waals surface area contributed by atoms with Crippen molar-refractivity contribution in [3.05, 3.63) is 34.4 Å². The van der Waals surface area contributed by atoms with Gasteiger partial charge in [-0.25, -0.2) is 0 Å². The fourth-order valence-corrected chi connectivity index (χ4v) is 3.56. The van der Waals surface area contributed by atoms with E-state index in [1.165, 1.54) is 25.0 Å². The number of hydrogen-bond acceptors (Lipinski definition) is 5. The number of likely N-dealkylation sites (tertiary alicyclic amines) is 1. The SMILES string of the molecule is CCCCCCNC(=O)C1CCCN(CCC(=O)Nc2cccc([N+](=O)[O-])c2)C1. The Labute approximate surface area is 172 Å². The molecule has 1 aliphatic heterocycles. The molecule has 8 heteroatoms.